The van der Waals surface area contributed by atoms with Crippen LogP contribution in [0.25, 0.3) is 11.0 Å². The van der Waals surface area contributed by atoms with Gasteiger partial charge >= 0.3 is 6.18 Å². The Kier molecular flexibility index (Phi) is 7.45. The van der Waals surface area contributed by atoms with E-state index in [1.807, 2.05) is 11.0 Å². The van der Waals surface area contributed by atoms with Gasteiger partial charge in [-0.3, -0.25) is 9.59 Å². The van der Waals surface area contributed by atoms with Gasteiger partial charge < -0.3 is 19.5 Å². The van der Waals surface area contributed by atoms with E-state index in [4.69, 9.17) is 4.74 Å². The fourth-order valence-electron chi connectivity index (χ4n) is 6.02. The summed E-state index contributed by atoms with van der Waals surface area (Å²) in [6.45, 7) is 0.997. The van der Waals surface area contributed by atoms with Crippen LogP contribution in [0.5, 0.6) is 5.75 Å². The molecule has 0 spiro atoms. The fourth-order valence-corrected chi connectivity index (χ4v) is 6.02. The highest BCUT2D eigenvalue weighted by Gasteiger charge is 2.40. The molecule has 3 heterocycles. The van der Waals surface area contributed by atoms with Gasteiger partial charge in [0.15, 0.2) is 0 Å². The minimum absolute atomic E-state index is 0.0169. The number of ether oxygens (including phenoxy) is 1. The fraction of sp³-hybridized carbons (Fsp3) is 0.448. The molecule has 210 valence electrons. The number of hydrogen-bond acceptors (Lipinski definition) is 5. The number of alkyl halides is 3. The molecule has 1 saturated heterocycles. The Bertz CT molecular complexity index is 1490. The molecule has 2 fully saturated rings. The number of aryl methyl sites for hydroxylation is 1. The summed E-state index contributed by atoms with van der Waals surface area (Å²) < 4.78 is 50.7. The lowest BCUT2D eigenvalue weighted by atomic mass is 9.87. The molecule has 2 amide bonds. The monoisotopic (exact) mass is 553 g/mol. The van der Waals surface area contributed by atoms with Crippen LogP contribution in [0.2, 0.25) is 0 Å². The Hall–Kier alpha value is -4.07. The number of rotatable bonds is 5. The second-order valence-corrected chi connectivity index (χ2v) is 10.5. The smallest absolute Gasteiger partial charge is 0.419 e. The Balaban J connectivity index is 1.48. The summed E-state index contributed by atoms with van der Waals surface area (Å²) in [4.78, 5) is 32.1. The Morgan fingerprint density at radius 3 is 2.45 bits per heavy atom. The minimum Gasteiger partial charge on any atom is -0.497 e. The summed E-state index contributed by atoms with van der Waals surface area (Å²) in [5.41, 5.74) is -0.636. The first-order valence-corrected chi connectivity index (χ1v) is 13.3. The third-order valence-corrected chi connectivity index (χ3v) is 8.03. The van der Waals surface area contributed by atoms with Crippen LogP contribution in [0.1, 0.15) is 71.5 Å². The van der Waals surface area contributed by atoms with Gasteiger partial charge in [0.05, 0.1) is 36.2 Å². The molecule has 0 atom stereocenters. The predicted molar refractivity (Wildman–Crippen MR) is 142 cm³/mol. The lowest BCUT2D eigenvalue weighted by Crippen LogP contribution is -2.40. The van der Waals surface area contributed by atoms with Crippen molar-refractivity contribution >= 4 is 28.5 Å². The van der Waals surface area contributed by atoms with Crippen molar-refractivity contribution in [1.82, 2.24) is 14.5 Å². The standard InChI is InChI=1S/C29H30F3N5O3/c1-36-16-22(18-7-9-37(10-8-18)28(39)19-5-3-4-6-19)24-25(29(30,31)32)23(15-34-26(24)36)35-27(38)20-11-17(14-33)12-21(13-20)40-2/h11-13,15-16,18-19H,3-10H2,1-2H3,(H,35,38). The first-order valence-electron chi connectivity index (χ1n) is 13.3. The van der Waals surface area contributed by atoms with Crippen LogP contribution in [0.3, 0.4) is 0 Å². The second kappa shape index (κ2) is 10.8. The number of likely N-dealkylation sites (tertiary alicyclic amines) is 1. The van der Waals surface area contributed by atoms with Gasteiger partial charge in [-0.2, -0.15) is 18.4 Å². The average Bonchev–Trinajstić information content (AvgIpc) is 3.60. The van der Waals surface area contributed by atoms with Crippen LogP contribution in [-0.2, 0) is 18.0 Å². The molecular weight excluding hydrogens is 523 g/mol. The third kappa shape index (κ3) is 5.22. The van der Waals surface area contributed by atoms with Crippen molar-refractivity contribution in [3.05, 3.63) is 52.8 Å². The molecule has 1 aliphatic carbocycles. The second-order valence-electron chi connectivity index (χ2n) is 10.5. The van der Waals surface area contributed by atoms with Crippen LogP contribution >= 0.6 is 0 Å². The summed E-state index contributed by atoms with van der Waals surface area (Å²) in [5.74, 6) is -0.555. The molecule has 40 heavy (non-hydrogen) atoms. The van der Waals surface area contributed by atoms with E-state index in [1.54, 1.807) is 17.8 Å². The zero-order valence-electron chi connectivity index (χ0n) is 22.3. The first-order chi connectivity index (χ1) is 19.1. The number of nitrogens with one attached hydrogen (secondary N) is 1. The number of nitrogens with zero attached hydrogens (tertiary/aromatic N) is 4. The number of amides is 2. The molecule has 1 saturated carbocycles. The summed E-state index contributed by atoms with van der Waals surface area (Å²) in [6.07, 6.45) is 2.94. The molecule has 2 aromatic heterocycles. The van der Waals surface area contributed by atoms with E-state index in [-0.39, 0.29) is 45.7 Å². The topological polar surface area (TPSA) is 100 Å². The Labute approximate surface area is 229 Å². The highest BCUT2D eigenvalue weighted by molar-refractivity contribution is 6.06. The molecule has 3 aromatic rings. The molecule has 2 aliphatic rings. The molecule has 11 heteroatoms. The van der Waals surface area contributed by atoms with Crippen LogP contribution in [-0.4, -0.2) is 46.5 Å². The van der Waals surface area contributed by atoms with E-state index in [0.717, 1.165) is 31.9 Å². The molecule has 1 N–H and O–H groups in total. The van der Waals surface area contributed by atoms with Crippen molar-refractivity contribution in [1.29, 1.82) is 5.26 Å². The number of nitriles is 1. The number of carbonyl (C=O) groups is 2. The molecule has 1 aromatic carbocycles. The molecule has 0 radical (unpaired) electrons. The first kappa shape index (κ1) is 27.5. The van der Waals surface area contributed by atoms with Crippen LogP contribution in [0.15, 0.2) is 30.6 Å². The number of methoxy groups -OCH3 is 1. The number of hydrogen-bond donors (Lipinski definition) is 1. The van der Waals surface area contributed by atoms with Gasteiger partial charge in [0, 0.05) is 43.2 Å². The normalized spacial score (nSPS) is 16.8. The van der Waals surface area contributed by atoms with Crippen molar-refractivity contribution in [2.24, 2.45) is 13.0 Å². The maximum absolute atomic E-state index is 14.7. The lowest BCUT2D eigenvalue weighted by molar-refractivity contribution is -0.136. The Morgan fingerprint density at radius 1 is 1.12 bits per heavy atom. The molecule has 0 unspecified atom stereocenters. The van der Waals surface area contributed by atoms with E-state index in [0.29, 0.717) is 31.5 Å². The third-order valence-electron chi connectivity index (χ3n) is 8.03. The van der Waals surface area contributed by atoms with Crippen molar-refractivity contribution < 1.29 is 27.5 Å². The van der Waals surface area contributed by atoms with Gasteiger partial charge in [-0.25, -0.2) is 4.98 Å². The molecule has 0 bridgehead atoms. The van der Waals surface area contributed by atoms with E-state index >= 15 is 0 Å². The highest BCUT2D eigenvalue weighted by atomic mass is 19.4. The summed E-state index contributed by atoms with van der Waals surface area (Å²) in [6, 6.07) is 5.97. The summed E-state index contributed by atoms with van der Waals surface area (Å²) in [7, 11) is 3.01. The van der Waals surface area contributed by atoms with E-state index < -0.39 is 23.3 Å². The maximum Gasteiger partial charge on any atom is 0.419 e. The van der Waals surface area contributed by atoms with Crippen molar-refractivity contribution in [2.45, 2.75) is 50.6 Å². The van der Waals surface area contributed by atoms with Crippen LogP contribution < -0.4 is 10.1 Å². The largest absolute Gasteiger partial charge is 0.497 e. The lowest BCUT2D eigenvalue weighted by Gasteiger charge is -2.33. The number of halogens is 3. The van der Waals surface area contributed by atoms with Crippen molar-refractivity contribution in [2.75, 3.05) is 25.5 Å². The van der Waals surface area contributed by atoms with Gasteiger partial charge in [-0.05, 0) is 55.4 Å². The maximum atomic E-state index is 14.7. The highest BCUT2D eigenvalue weighted by Crippen LogP contribution is 2.44. The van der Waals surface area contributed by atoms with E-state index in [1.165, 1.54) is 25.3 Å². The van der Waals surface area contributed by atoms with Gasteiger partial charge in [-0.15, -0.1) is 0 Å². The van der Waals surface area contributed by atoms with Gasteiger partial charge in [0.2, 0.25) is 5.91 Å². The summed E-state index contributed by atoms with van der Waals surface area (Å²) >= 11 is 0. The molecule has 1 aliphatic heterocycles. The van der Waals surface area contributed by atoms with Gasteiger partial charge in [-0.1, -0.05) is 12.8 Å². The van der Waals surface area contributed by atoms with Crippen molar-refractivity contribution in [3.63, 3.8) is 0 Å². The van der Waals surface area contributed by atoms with Gasteiger partial charge in [0.25, 0.3) is 5.91 Å². The quantitative estimate of drug-likeness (QED) is 0.442. The average molecular weight is 554 g/mol. The van der Waals surface area contributed by atoms with Crippen molar-refractivity contribution in [3.8, 4) is 11.8 Å². The zero-order chi connectivity index (χ0) is 28.6. The zero-order valence-corrected chi connectivity index (χ0v) is 22.3. The number of carbonyl (C=O) groups excluding carboxylic acids is 2. The SMILES string of the molecule is COc1cc(C#N)cc(C(=O)Nc2cnc3c(c(C4CCN(C(=O)C5CCCC5)CC4)cn3C)c2C(F)(F)F)c1. The van der Waals surface area contributed by atoms with Crippen LogP contribution in [0.4, 0.5) is 18.9 Å². The number of benzene rings is 1. The van der Waals surface area contributed by atoms with Crippen LogP contribution in [0, 0.1) is 17.2 Å². The Morgan fingerprint density at radius 2 is 1.82 bits per heavy atom. The number of pyridine rings is 1. The number of aromatic nitrogens is 2. The number of piperidine rings is 1. The molecule has 8 nitrogen and oxygen atoms in total. The van der Waals surface area contributed by atoms with E-state index in [9.17, 15) is 28.0 Å². The number of anilines is 1. The molecular formula is C29H30F3N5O3. The summed E-state index contributed by atoms with van der Waals surface area (Å²) in [5, 5.41) is 11.6. The van der Waals surface area contributed by atoms with E-state index in [2.05, 4.69) is 10.3 Å². The number of fused-ring (bicyclic) bond motifs is 1. The minimum atomic E-state index is -4.79. The predicted octanol–water partition coefficient (Wildman–Crippen LogP) is 5.62. The molecule has 5 rings (SSSR count). The van der Waals surface area contributed by atoms with Gasteiger partial charge in [0.1, 0.15) is 11.4 Å².